The lowest BCUT2D eigenvalue weighted by atomic mass is 9.96. The zero-order chi connectivity index (χ0) is 24.4. The van der Waals surface area contributed by atoms with Crippen LogP contribution in [0.4, 0.5) is 5.69 Å². The first-order chi connectivity index (χ1) is 17.1. The highest BCUT2D eigenvalue weighted by Crippen LogP contribution is 2.46. The van der Waals surface area contributed by atoms with Crippen LogP contribution < -0.4 is 5.73 Å². The highest BCUT2D eigenvalue weighted by molar-refractivity contribution is 9.10. The van der Waals surface area contributed by atoms with E-state index in [1.807, 2.05) is 84.9 Å². The maximum absolute atomic E-state index is 9.77. The number of anilines is 1. The quantitative estimate of drug-likeness (QED) is 0.239. The van der Waals surface area contributed by atoms with Crippen molar-refractivity contribution in [2.75, 3.05) is 5.73 Å². The van der Waals surface area contributed by atoms with Crippen LogP contribution in [-0.2, 0) is 0 Å². The average molecular weight is 533 g/mol. The molecule has 5 rings (SSSR count). The predicted molar refractivity (Wildman–Crippen MR) is 146 cm³/mol. The van der Waals surface area contributed by atoms with Crippen LogP contribution in [0.5, 0.6) is 0 Å². The number of pyridine rings is 1. The molecular formula is C29H17BrN4S. The number of nitrogen functional groups attached to an aromatic ring is 1. The Kier molecular flexibility index (Phi) is 6.16. The van der Waals surface area contributed by atoms with Crippen molar-refractivity contribution in [3.05, 3.63) is 111 Å². The molecule has 0 saturated heterocycles. The first-order valence-electron chi connectivity index (χ1n) is 10.8. The van der Waals surface area contributed by atoms with Gasteiger partial charge in [-0.15, -0.1) is 11.3 Å². The van der Waals surface area contributed by atoms with Gasteiger partial charge in [-0.05, 0) is 34.9 Å². The molecular weight excluding hydrogens is 516 g/mol. The van der Waals surface area contributed by atoms with E-state index < -0.39 is 0 Å². The van der Waals surface area contributed by atoms with E-state index in [9.17, 15) is 10.5 Å². The smallest absolute Gasteiger partial charge is 0.138 e. The molecule has 6 heteroatoms. The fourth-order valence-corrected chi connectivity index (χ4v) is 5.51. The van der Waals surface area contributed by atoms with E-state index in [1.165, 1.54) is 11.3 Å². The van der Waals surface area contributed by atoms with Gasteiger partial charge in [-0.1, -0.05) is 88.7 Å². The minimum Gasteiger partial charge on any atom is -0.397 e. The van der Waals surface area contributed by atoms with Gasteiger partial charge in [0.2, 0.25) is 0 Å². The van der Waals surface area contributed by atoms with Gasteiger partial charge >= 0.3 is 0 Å². The summed E-state index contributed by atoms with van der Waals surface area (Å²) in [4.78, 5) is 6.37. The van der Waals surface area contributed by atoms with Gasteiger partial charge in [0.15, 0.2) is 0 Å². The monoisotopic (exact) mass is 532 g/mol. The lowest BCUT2D eigenvalue weighted by molar-refractivity contribution is 1.42. The van der Waals surface area contributed by atoms with Gasteiger partial charge in [-0.2, -0.15) is 10.5 Å². The number of hydrogen-bond donors (Lipinski definition) is 1. The number of thiophene rings is 1. The number of rotatable bonds is 4. The summed E-state index contributed by atoms with van der Waals surface area (Å²) in [7, 11) is 0. The number of allylic oxidation sites excluding steroid dienone is 1. The highest BCUT2D eigenvalue weighted by atomic mass is 79.9. The molecule has 0 aliphatic rings. The lowest BCUT2D eigenvalue weighted by Gasteiger charge is -2.10. The van der Waals surface area contributed by atoms with E-state index in [-0.39, 0.29) is 5.57 Å². The number of nitrogens with two attached hydrogens (primary N) is 1. The topological polar surface area (TPSA) is 86.5 Å². The fourth-order valence-electron chi connectivity index (χ4n) is 4.05. The van der Waals surface area contributed by atoms with Gasteiger partial charge in [-0.3, -0.25) is 0 Å². The Morgan fingerprint density at radius 3 is 2.03 bits per heavy atom. The van der Waals surface area contributed by atoms with Crippen molar-refractivity contribution in [2.24, 2.45) is 0 Å². The van der Waals surface area contributed by atoms with Crippen molar-refractivity contribution < 1.29 is 0 Å². The molecule has 0 amide bonds. The summed E-state index contributed by atoms with van der Waals surface area (Å²) >= 11 is 4.85. The Hall–Kier alpha value is -4.23. The minimum atomic E-state index is 0.00937. The molecule has 2 N–H and O–H groups in total. The van der Waals surface area contributed by atoms with Gasteiger partial charge < -0.3 is 5.73 Å². The number of benzene rings is 3. The second-order valence-electron chi connectivity index (χ2n) is 7.79. The van der Waals surface area contributed by atoms with Crippen LogP contribution >= 0.6 is 27.3 Å². The zero-order valence-corrected chi connectivity index (χ0v) is 20.8. The molecule has 0 spiro atoms. The minimum absolute atomic E-state index is 0.00937. The van der Waals surface area contributed by atoms with Crippen molar-refractivity contribution in [1.29, 1.82) is 10.5 Å². The van der Waals surface area contributed by atoms with Crippen LogP contribution in [0.15, 0.2) is 101 Å². The van der Waals surface area contributed by atoms with Crippen LogP contribution in [0.25, 0.3) is 38.2 Å². The van der Waals surface area contributed by atoms with Crippen LogP contribution in [0, 0.1) is 22.7 Å². The van der Waals surface area contributed by atoms with Crippen molar-refractivity contribution in [3.63, 3.8) is 0 Å². The Labute approximate surface area is 215 Å². The summed E-state index contributed by atoms with van der Waals surface area (Å²) in [5.41, 5.74) is 12.4. The van der Waals surface area contributed by atoms with Crippen LogP contribution in [0.1, 0.15) is 10.4 Å². The lowest BCUT2D eigenvalue weighted by Crippen LogP contribution is -1.95. The van der Waals surface area contributed by atoms with Crippen molar-refractivity contribution in [2.45, 2.75) is 0 Å². The SMILES string of the molecule is N#CC(C#N)=C(c1ccc(Br)cc1)c1sc2nc(-c3ccccc3)cc(-c3ccccc3)c2c1N. The number of nitriles is 2. The van der Waals surface area contributed by atoms with E-state index in [1.54, 1.807) is 0 Å². The maximum atomic E-state index is 9.77. The van der Waals surface area contributed by atoms with E-state index in [4.69, 9.17) is 10.7 Å². The number of aromatic nitrogens is 1. The largest absolute Gasteiger partial charge is 0.397 e. The molecule has 3 aromatic carbocycles. The van der Waals surface area contributed by atoms with Crippen LogP contribution in [0.2, 0.25) is 0 Å². The zero-order valence-electron chi connectivity index (χ0n) is 18.4. The Morgan fingerprint density at radius 1 is 0.829 bits per heavy atom. The molecule has 2 heterocycles. The third-order valence-corrected chi connectivity index (χ3v) is 7.33. The Morgan fingerprint density at radius 2 is 1.43 bits per heavy atom. The number of halogens is 1. The summed E-state index contributed by atoms with van der Waals surface area (Å²) in [5, 5.41) is 20.4. The Bertz CT molecular complexity index is 1640. The molecule has 0 bridgehead atoms. The number of hydrogen-bond acceptors (Lipinski definition) is 5. The molecule has 0 aliphatic carbocycles. The molecule has 166 valence electrons. The molecule has 0 radical (unpaired) electrons. The van der Waals surface area contributed by atoms with Crippen molar-refractivity contribution in [3.8, 4) is 34.5 Å². The van der Waals surface area contributed by atoms with Gasteiger partial charge in [0.05, 0.1) is 16.3 Å². The molecule has 0 atom stereocenters. The summed E-state index contributed by atoms with van der Waals surface area (Å²) in [6.07, 6.45) is 0. The van der Waals surface area contributed by atoms with E-state index in [0.29, 0.717) is 16.1 Å². The predicted octanol–water partition coefficient (Wildman–Crippen LogP) is 7.82. The van der Waals surface area contributed by atoms with Crippen LogP contribution in [0.3, 0.4) is 0 Å². The van der Waals surface area contributed by atoms with Gasteiger partial charge in [0.25, 0.3) is 0 Å². The third-order valence-electron chi connectivity index (χ3n) is 5.69. The summed E-state index contributed by atoms with van der Waals surface area (Å²) in [6.45, 7) is 0. The summed E-state index contributed by atoms with van der Waals surface area (Å²) in [5.74, 6) is 0. The Balaban J connectivity index is 1.85. The molecule has 2 aromatic heterocycles. The van der Waals surface area contributed by atoms with E-state index in [2.05, 4.69) is 34.1 Å². The molecule has 35 heavy (non-hydrogen) atoms. The molecule has 0 saturated carbocycles. The third kappa shape index (κ3) is 4.22. The summed E-state index contributed by atoms with van der Waals surface area (Å²) in [6, 6.07) is 33.7. The van der Waals surface area contributed by atoms with Gasteiger partial charge in [-0.25, -0.2) is 4.98 Å². The molecule has 4 nitrogen and oxygen atoms in total. The van der Waals surface area contributed by atoms with Crippen molar-refractivity contribution >= 4 is 48.7 Å². The number of fused-ring (bicyclic) bond motifs is 1. The molecule has 0 aliphatic heterocycles. The average Bonchev–Trinajstić information content (AvgIpc) is 3.24. The summed E-state index contributed by atoms with van der Waals surface area (Å²) < 4.78 is 0.904. The van der Waals surface area contributed by atoms with E-state index in [0.717, 1.165) is 42.6 Å². The van der Waals surface area contributed by atoms with Gasteiger partial charge in [0.1, 0.15) is 22.5 Å². The molecule has 0 unspecified atom stereocenters. The van der Waals surface area contributed by atoms with Crippen LogP contribution in [-0.4, -0.2) is 4.98 Å². The molecule has 5 aromatic rings. The standard InChI is InChI=1S/C29H17BrN4S/c30-22-13-11-20(12-14-22)25(21(16-31)17-32)28-27(33)26-23(18-7-3-1-4-8-18)15-24(34-29(26)35-28)19-9-5-2-6-10-19/h1-15H,33H2. The maximum Gasteiger partial charge on any atom is 0.138 e. The highest BCUT2D eigenvalue weighted by Gasteiger charge is 2.23. The van der Waals surface area contributed by atoms with E-state index >= 15 is 0 Å². The normalized spacial score (nSPS) is 10.5. The van der Waals surface area contributed by atoms with Crippen molar-refractivity contribution in [1.82, 2.24) is 4.98 Å². The fraction of sp³-hybridized carbons (Fsp3) is 0. The van der Waals surface area contributed by atoms with Gasteiger partial charge in [0, 0.05) is 21.0 Å². The number of nitrogens with zero attached hydrogens (tertiary/aromatic N) is 3. The second kappa shape index (κ2) is 9.56. The second-order valence-corrected chi connectivity index (χ2v) is 9.71. The first kappa shape index (κ1) is 22.6. The molecule has 0 fully saturated rings. The first-order valence-corrected chi connectivity index (χ1v) is 12.4.